The Morgan fingerprint density at radius 2 is 1.68 bits per heavy atom. The molecule has 0 aliphatic rings. The van der Waals surface area contributed by atoms with Crippen molar-refractivity contribution < 1.29 is 23.4 Å². The molecule has 0 unspecified atom stereocenters. The quantitative estimate of drug-likeness (QED) is 0.767. The van der Waals surface area contributed by atoms with E-state index in [0.29, 0.717) is 28.5 Å². The second kappa shape index (κ2) is 8.77. The normalized spacial score (nSPS) is 10.1. The van der Waals surface area contributed by atoms with Crippen LogP contribution in [-0.2, 0) is 11.3 Å². The lowest BCUT2D eigenvalue weighted by atomic mass is 10.2. The van der Waals surface area contributed by atoms with Crippen molar-refractivity contribution in [3.63, 3.8) is 0 Å². The van der Waals surface area contributed by atoms with E-state index in [1.807, 2.05) is 0 Å². The monoisotopic (exact) mass is 348 g/mol. The van der Waals surface area contributed by atoms with Gasteiger partial charge in [0.15, 0.2) is 11.5 Å². The molecule has 2 aromatic rings. The predicted octanol–water partition coefficient (Wildman–Crippen LogP) is 2.58. The zero-order valence-corrected chi connectivity index (χ0v) is 14.4. The van der Waals surface area contributed by atoms with Crippen LogP contribution in [0.25, 0.3) is 0 Å². The Kier molecular flexibility index (Phi) is 6.45. The lowest BCUT2D eigenvalue weighted by Gasteiger charge is -2.15. The van der Waals surface area contributed by atoms with E-state index in [9.17, 15) is 9.18 Å². The van der Waals surface area contributed by atoms with Crippen molar-refractivity contribution in [1.29, 1.82) is 0 Å². The highest BCUT2D eigenvalue weighted by atomic mass is 19.1. The van der Waals surface area contributed by atoms with E-state index in [1.54, 1.807) is 30.3 Å². The molecular weight excluding hydrogens is 327 g/mol. The van der Waals surface area contributed by atoms with Crippen molar-refractivity contribution in [3.05, 3.63) is 47.8 Å². The summed E-state index contributed by atoms with van der Waals surface area (Å²) in [6.07, 6.45) is 0. The average Bonchev–Trinajstić information content (AvgIpc) is 2.64. The number of ether oxygens (including phenoxy) is 3. The van der Waals surface area contributed by atoms with Crippen molar-refractivity contribution in [3.8, 4) is 17.2 Å². The lowest BCUT2D eigenvalue weighted by Crippen LogP contribution is -2.29. The smallest absolute Gasteiger partial charge is 0.239 e. The Morgan fingerprint density at radius 3 is 2.24 bits per heavy atom. The van der Waals surface area contributed by atoms with Gasteiger partial charge in [0.25, 0.3) is 0 Å². The second-order valence-electron chi connectivity index (χ2n) is 5.14. The standard InChI is InChI=1S/C18H21FN2O4/c1-23-15-8-13(9-16(24-2)18(15)25-3)20-11-17(22)21-10-12-6-4-5-7-14(12)19/h4-9,20H,10-11H2,1-3H3,(H,21,22). The van der Waals surface area contributed by atoms with Crippen LogP contribution in [-0.4, -0.2) is 33.8 Å². The molecule has 0 spiro atoms. The molecule has 0 fully saturated rings. The van der Waals surface area contributed by atoms with Gasteiger partial charge >= 0.3 is 0 Å². The molecule has 2 aromatic carbocycles. The fourth-order valence-corrected chi connectivity index (χ4v) is 2.26. The van der Waals surface area contributed by atoms with E-state index in [2.05, 4.69) is 10.6 Å². The highest BCUT2D eigenvalue weighted by molar-refractivity contribution is 5.81. The Hall–Kier alpha value is -2.96. The summed E-state index contributed by atoms with van der Waals surface area (Å²) >= 11 is 0. The number of nitrogens with one attached hydrogen (secondary N) is 2. The first-order chi connectivity index (χ1) is 12.1. The molecule has 7 heteroatoms. The predicted molar refractivity (Wildman–Crippen MR) is 92.8 cm³/mol. The van der Waals surface area contributed by atoms with Gasteiger partial charge in [0, 0.05) is 29.9 Å². The van der Waals surface area contributed by atoms with Crippen LogP contribution in [0.2, 0.25) is 0 Å². The molecule has 0 aliphatic carbocycles. The van der Waals surface area contributed by atoms with Gasteiger partial charge in [-0.25, -0.2) is 4.39 Å². The van der Waals surface area contributed by atoms with Crippen LogP contribution in [0.3, 0.4) is 0 Å². The zero-order chi connectivity index (χ0) is 18.2. The summed E-state index contributed by atoms with van der Waals surface area (Å²) in [5.41, 5.74) is 1.07. The Balaban J connectivity index is 1.96. The van der Waals surface area contributed by atoms with E-state index >= 15 is 0 Å². The number of benzene rings is 2. The molecule has 0 saturated heterocycles. The number of amides is 1. The number of halogens is 1. The lowest BCUT2D eigenvalue weighted by molar-refractivity contribution is -0.119. The largest absolute Gasteiger partial charge is 0.493 e. The minimum atomic E-state index is -0.347. The summed E-state index contributed by atoms with van der Waals surface area (Å²) in [6, 6.07) is 9.71. The van der Waals surface area contributed by atoms with Crippen LogP contribution in [0.1, 0.15) is 5.56 Å². The SMILES string of the molecule is COc1cc(NCC(=O)NCc2ccccc2F)cc(OC)c1OC. The van der Waals surface area contributed by atoms with Crippen LogP contribution in [0.15, 0.2) is 36.4 Å². The van der Waals surface area contributed by atoms with Gasteiger partial charge < -0.3 is 24.8 Å². The highest BCUT2D eigenvalue weighted by Gasteiger charge is 2.13. The van der Waals surface area contributed by atoms with Gasteiger partial charge in [0.1, 0.15) is 5.82 Å². The van der Waals surface area contributed by atoms with Gasteiger partial charge in [-0.2, -0.15) is 0 Å². The number of hydrogen-bond donors (Lipinski definition) is 2. The minimum Gasteiger partial charge on any atom is -0.493 e. The van der Waals surface area contributed by atoms with E-state index in [-0.39, 0.29) is 24.8 Å². The number of carbonyl (C=O) groups is 1. The van der Waals surface area contributed by atoms with Crippen molar-refractivity contribution in [1.82, 2.24) is 5.32 Å². The zero-order valence-electron chi connectivity index (χ0n) is 14.4. The molecule has 1 amide bonds. The third-order valence-corrected chi connectivity index (χ3v) is 3.55. The topological polar surface area (TPSA) is 68.8 Å². The van der Waals surface area contributed by atoms with Gasteiger partial charge in [-0.3, -0.25) is 4.79 Å². The first-order valence-corrected chi connectivity index (χ1v) is 7.63. The average molecular weight is 348 g/mol. The molecule has 0 atom stereocenters. The third-order valence-electron chi connectivity index (χ3n) is 3.55. The number of rotatable bonds is 8. The molecule has 0 aromatic heterocycles. The van der Waals surface area contributed by atoms with Gasteiger partial charge in [0.2, 0.25) is 11.7 Å². The first-order valence-electron chi connectivity index (χ1n) is 7.63. The molecule has 0 heterocycles. The number of hydrogen-bond acceptors (Lipinski definition) is 5. The third kappa shape index (κ3) is 4.76. The van der Waals surface area contributed by atoms with E-state index < -0.39 is 0 Å². The summed E-state index contributed by atoms with van der Waals surface area (Å²) in [5.74, 6) is 0.823. The van der Waals surface area contributed by atoms with Crippen molar-refractivity contribution >= 4 is 11.6 Å². The molecule has 0 aliphatic heterocycles. The molecule has 0 bridgehead atoms. The van der Waals surface area contributed by atoms with Crippen LogP contribution in [0, 0.1) is 5.82 Å². The van der Waals surface area contributed by atoms with Crippen LogP contribution in [0.4, 0.5) is 10.1 Å². The fraction of sp³-hybridized carbons (Fsp3) is 0.278. The Bertz CT molecular complexity index is 712. The highest BCUT2D eigenvalue weighted by Crippen LogP contribution is 2.39. The number of carbonyl (C=O) groups excluding carboxylic acids is 1. The van der Waals surface area contributed by atoms with Crippen LogP contribution >= 0.6 is 0 Å². The Morgan fingerprint density at radius 1 is 1.04 bits per heavy atom. The summed E-state index contributed by atoms with van der Waals surface area (Å²) in [5, 5.41) is 5.64. The molecule has 134 valence electrons. The molecule has 2 N–H and O–H groups in total. The first kappa shape index (κ1) is 18.4. The van der Waals surface area contributed by atoms with Gasteiger partial charge in [-0.1, -0.05) is 18.2 Å². The molecule has 0 saturated carbocycles. The molecule has 0 radical (unpaired) electrons. The molecular formula is C18H21FN2O4. The maximum Gasteiger partial charge on any atom is 0.239 e. The van der Waals surface area contributed by atoms with Crippen molar-refractivity contribution in [2.45, 2.75) is 6.54 Å². The van der Waals surface area contributed by atoms with Crippen LogP contribution < -0.4 is 24.8 Å². The van der Waals surface area contributed by atoms with Gasteiger partial charge in [-0.05, 0) is 6.07 Å². The van der Waals surface area contributed by atoms with Crippen molar-refractivity contribution in [2.24, 2.45) is 0 Å². The van der Waals surface area contributed by atoms with E-state index in [4.69, 9.17) is 14.2 Å². The Labute approximate surface area is 145 Å². The summed E-state index contributed by atoms with van der Waals surface area (Å²) in [7, 11) is 4.55. The fourth-order valence-electron chi connectivity index (χ4n) is 2.26. The van der Waals surface area contributed by atoms with E-state index in [0.717, 1.165) is 0 Å². The summed E-state index contributed by atoms with van der Waals surface area (Å²) in [6.45, 7) is 0.148. The minimum absolute atomic E-state index is 0.0209. The van der Waals surface area contributed by atoms with Gasteiger partial charge in [-0.15, -0.1) is 0 Å². The molecule has 2 rings (SSSR count). The number of anilines is 1. The van der Waals surface area contributed by atoms with Crippen molar-refractivity contribution in [2.75, 3.05) is 33.2 Å². The molecule has 6 nitrogen and oxygen atoms in total. The van der Waals surface area contributed by atoms with Crippen LogP contribution in [0.5, 0.6) is 17.2 Å². The molecule has 25 heavy (non-hydrogen) atoms. The van der Waals surface area contributed by atoms with E-state index in [1.165, 1.54) is 27.4 Å². The number of methoxy groups -OCH3 is 3. The second-order valence-corrected chi connectivity index (χ2v) is 5.14. The maximum atomic E-state index is 13.5. The van der Waals surface area contributed by atoms with Gasteiger partial charge in [0.05, 0.1) is 27.9 Å². The summed E-state index contributed by atoms with van der Waals surface area (Å²) in [4.78, 5) is 11.9. The summed E-state index contributed by atoms with van der Waals surface area (Å²) < 4.78 is 29.3. The maximum absolute atomic E-state index is 13.5.